The number of rotatable bonds is 6. The number of nitrogens with zero attached hydrogens (tertiary/aromatic N) is 3. The lowest BCUT2D eigenvalue weighted by molar-refractivity contribution is -0.0383. The number of ether oxygens (including phenoxy) is 2. The molecule has 0 radical (unpaired) electrons. The highest BCUT2D eigenvalue weighted by molar-refractivity contribution is 7.22. The summed E-state index contributed by atoms with van der Waals surface area (Å²) in [6.07, 6.45) is 7.74. The molecule has 0 aromatic carbocycles. The molecule has 172 valence electrons. The molecule has 0 amide bonds. The fourth-order valence-corrected chi connectivity index (χ4v) is 5.52. The van der Waals surface area contributed by atoms with Gasteiger partial charge >= 0.3 is 0 Å². The maximum atomic E-state index is 6.01. The van der Waals surface area contributed by atoms with E-state index < -0.39 is 0 Å². The van der Waals surface area contributed by atoms with Crippen LogP contribution < -0.4 is 10.6 Å². The SMILES string of the molecule is CC(C)(C)Nc1cc(NC[C@@H]2CCCO2)c2sc(-c3ccnn3C3CCCCO3)cc2n1. The van der Waals surface area contributed by atoms with Crippen molar-refractivity contribution in [2.24, 2.45) is 0 Å². The van der Waals surface area contributed by atoms with Crippen molar-refractivity contribution in [3.05, 3.63) is 24.4 Å². The van der Waals surface area contributed by atoms with Crippen molar-refractivity contribution in [3.63, 3.8) is 0 Å². The van der Waals surface area contributed by atoms with E-state index in [4.69, 9.17) is 14.5 Å². The van der Waals surface area contributed by atoms with Gasteiger partial charge < -0.3 is 20.1 Å². The topological polar surface area (TPSA) is 73.2 Å². The van der Waals surface area contributed by atoms with Crippen molar-refractivity contribution in [2.45, 2.75) is 70.7 Å². The number of fused-ring (bicyclic) bond motifs is 1. The second-order valence-electron chi connectivity index (χ2n) is 9.75. The van der Waals surface area contributed by atoms with Gasteiger partial charge in [0.2, 0.25) is 0 Å². The smallest absolute Gasteiger partial charge is 0.150 e. The second kappa shape index (κ2) is 9.00. The molecule has 2 aliphatic rings. The van der Waals surface area contributed by atoms with Gasteiger partial charge in [0.25, 0.3) is 0 Å². The summed E-state index contributed by atoms with van der Waals surface area (Å²) >= 11 is 1.76. The zero-order valence-corrected chi connectivity index (χ0v) is 20.0. The van der Waals surface area contributed by atoms with E-state index in [-0.39, 0.29) is 17.9 Å². The van der Waals surface area contributed by atoms with E-state index in [0.717, 1.165) is 77.7 Å². The van der Waals surface area contributed by atoms with Gasteiger partial charge in [-0.1, -0.05) is 0 Å². The molecule has 7 nitrogen and oxygen atoms in total. The lowest BCUT2D eigenvalue weighted by Crippen LogP contribution is -2.26. The fourth-order valence-electron chi connectivity index (χ4n) is 4.41. The molecule has 0 spiro atoms. The van der Waals surface area contributed by atoms with Gasteiger partial charge in [0, 0.05) is 37.6 Å². The Kier molecular flexibility index (Phi) is 6.09. The van der Waals surface area contributed by atoms with E-state index in [1.165, 1.54) is 6.42 Å². The minimum absolute atomic E-state index is 0.0159. The van der Waals surface area contributed by atoms with Crippen LogP contribution in [0.2, 0.25) is 0 Å². The number of anilines is 2. The molecule has 2 fully saturated rings. The first-order valence-electron chi connectivity index (χ1n) is 11.7. The van der Waals surface area contributed by atoms with E-state index in [2.05, 4.69) is 54.7 Å². The highest BCUT2D eigenvalue weighted by Gasteiger charge is 2.22. The Balaban J connectivity index is 1.50. The lowest BCUT2D eigenvalue weighted by atomic mass is 10.1. The first-order chi connectivity index (χ1) is 15.5. The van der Waals surface area contributed by atoms with Gasteiger partial charge in [-0.3, -0.25) is 0 Å². The first-order valence-corrected chi connectivity index (χ1v) is 12.5. The molecule has 0 saturated carbocycles. The number of pyridine rings is 1. The van der Waals surface area contributed by atoms with E-state index in [1.54, 1.807) is 11.3 Å². The standard InChI is InChI=1S/C24H33N5O2S/c1-24(2,3)28-21-14-17(25-15-16-7-6-12-30-16)23-18(27-21)13-20(32-23)19-9-10-26-29(19)22-8-4-5-11-31-22/h9-10,13-14,16,22H,4-8,11-12,15H2,1-3H3,(H2,25,27,28)/t16-,22?/m0/s1. The van der Waals surface area contributed by atoms with Crippen molar-refractivity contribution in [1.82, 2.24) is 14.8 Å². The van der Waals surface area contributed by atoms with Crippen LogP contribution >= 0.6 is 11.3 Å². The van der Waals surface area contributed by atoms with Gasteiger partial charge in [0.1, 0.15) is 5.82 Å². The normalized spacial score (nSPS) is 21.8. The lowest BCUT2D eigenvalue weighted by Gasteiger charge is -2.24. The van der Waals surface area contributed by atoms with Crippen LogP contribution in [0.15, 0.2) is 24.4 Å². The number of hydrogen-bond donors (Lipinski definition) is 2. The molecule has 8 heteroatoms. The Morgan fingerprint density at radius 2 is 2.00 bits per heavy atom. The molecular weight excluding hydrogens is 422 g/mol. The van der Waals surface area contributed by atoms with Crippen molar-refractivity contribution in [3.8, 4) is 10.6 Å². The van der Waals surface area contributed by atoms with Crippen molar-refractivity contribution >= 4 is 33.1 Å². The van der Waals surface area contributed by atoms with Crippen molar-refractivity contribution in [1.29, 1.82) is 0 Å². The molecule has 3 aromatic heterocycles. The van der Waals surface area contributed by atoms with Gasteiger partial charge in [-0.2, -0.15) is 5.10 Å². The predicted molar refractivity (Wildman–Crippen MR) is 131 cm³/mol. The summed E-state index contributed by atoms with van der Waals surface area (Å²) in [5.74, 6) is 0.883. The average molecular weight is 456 g/mol. The third-order valence-corrected chi connectivity index (χ3v) is 7.06. The maximum Gasteiger partial charge on any atom is 0.150 e. The summed E-state index contributed by atoms with van der Waals surface area (Å²) in [5, 5.41) is 11.8. The van der Waals surface area contributed by atoms with Gasteiger partial charge in [0.15, 0.2) is 6.23 Å². The molecule has 0 aliphatic carbocycles. The molecular formula is C24H33N5O2S. The third kappa shape index (κ3) is 4.77. The fraction of sp³-hybridized carbons (Fsp3) is 0.583. The number of nitrogens with one attached hydrogen (secondary N) is 2. The summed E-state index contributed by atoms with van der Waals surface area (Å²) in [4.78, 5) is 6.10. The van der Waals surface area contributed by atoms with Crippen LogP contribution in [0.3, 0.4) is 0 Å². The summed E-state index contributed by atoms with van der Waals surface area (Å²) in [5.41, 5.74) is 3.12. The van der Waals surface area contributed by atoms with Crippen LogP contribution in [-0.2, 0) is 9.47 Å². The van der Waals surface area contributed by atoms with Crippen LogP contribution in [0, 0.1) is 0 Å². The van der Waals surface area contributed by atoms with Crippen LogP contribution in [-0.4, -0.2) is 46.2 Å². The van der Waals surface area contributed by atoms with Gasteiger partial charge in [-0.15, -0.1) is 11.3 Å². The number of hydrogen-bond acceptors (Lipinski definition) is 7. The molecule has 2 aliphatic heterocycles. The third-order valence-electron chi connectivity index (χ3n) is 5.88. The Labute approximate surface area is 193 Å². The molecule has 5 rings (SSSR count). The molecule has 0 bridgehead atoms. The Morgan fingerprint density at radius 3 is 2.75 bits per heavy atom. The number of aromatic nitrogens is 3. The summed E-state index contributed by atoms with van der Waals surface area (Å²) in [6.45, 7) is 8.94. The summed E-state index contributed by atoms with van der Waals surface area (Å²) in [7, 11) is 0. The quantitative estimate of drug-likeness (QED) is 0.500. The van der Waals surface area contributed by atoms with Gasteiger partial charge in [-0.25, -0.2) is 9.67 Å². The maximum absolute atomic E-state index is 6.01. The van der Waals surface area contributed by atoms with Crippen LogP contribution in [0.5, 0.6) is 0 Å². The Morgan fingerprint density at radius 1 is 1.12 bits per heavy atom. The van der Waals surface area contributed by atoms with Gasteiger partial charge in [0.05, 0.1) is 32.6 Å². The highest BCUT2D eigenvalue weighted by Crippen LogP contribution is 2.39. The molecule has 2 saturated heterocycles. The minimum Gasteiger partial charge on any atom is -0.381 e. The van der Waals surface area contributed by atoms with Crippen molar-refractivity contribution < 1.29 is 9.47 Å². The van der Waals surface area contributed by atoms with E-state index in [0.29, 0.717) is 0 Å². The van der Waals surface area contributed by atoms with Crippen LogP contribution in [0.4, 0.5) is 11.5 Å². The molecule has 1 unspecified atom stereocenters. The monoisotopic (exact) mass is 455 g/mol. The van der Waals surface area contributed by atoms with Crippen LogP contribution in [0.25, 0.3) is 20.8 Å². The van der Waals surface area contributed by atoms with Crippen molar-refractivity contribution in [2.75, 3.05) is 30.4 Å². The van der Waals surface area contributed by atoms with E-state index >= 15 is 0 Å². The average Bonchev–Trinajstić information content (AvgIpc) is 3.51. The Hall–Kier alpha value is -2.16. The van der Waals surface area contributed by atoms with E-state index in [9.17, 15) is 0 Å². The zero-order valence-electron chi connectivity index (χ0n) is 19.2. The van der Waals surface area contributed by atoms with E-state index in [1.807, 2.05) is 10.9 Å². The predicted octanol–water partition coefficient (Wildman–Crippen LogP) is 5.66. The highest BCUT2D eigenvalue weighted by atomic mass is 32.1. The summed E-state index contributed by atoms with van der Waals surface area (Å²) in [6, 6.07) is 6.39. The van der Waals surface area contributed by atoms with Gasteiger partial charge in [-0.05, 0) is 65.0 Å². The first kappa shape index (κ1) is 21.7. The zero-order chi connectivity index (χ0) is 22.1. The second-order valence-corrected chi connectivity index (χ2v) is 10.8. The molecule has 2 atom stereocenters. The number of thiophene rings is 1. The largest absolute Gasteiger partial charge is 0.381 e. The summed E-state index contributed by atoms with van der Waals surface area (Å²) < 4.78 is 15.0. The molecule has 3 aromatic rings. The molecule has 2 N–H and O–H groups in total. The Bertz CT molecular complexity index is 1060. The van der Waals surface area contributed by atoms with Crippen LogP contribution in [0.1, 0.15) is 59.1 Å². The molecule has 32 heavy (non-hydrogen) atoms. The molecule has 5 heterocycles. The minimum atomic E-state index is -0.0672.